The van der Waals surface area contributed by atoms with Crippen molar-refractivity contribution in [2.24, 2.45) is 5.90 Å². The fourth-order valence-corrected chi connectivity index (χ4v) is 3.30. The quantitative estimate of drug-likeness (QED) is 0.566. The minimum atomic E-state index is -0.409. The van der Waals surface area contributed by atoms with E-state index in [1.54, 1.807) is 48.5 Å². The monoisotopic (exact) mass is 372 g/mol. The maximum atomic E-state index is 12.1. The van der Waals surface area contributed by atoms with Crippen LogP contribution in [0.1, 0.15) is 15.9 Å². The molecule has 0 saturated carbocycles. The van der Waals surface area contributed by atoms with Crippen molar-refractivity contribution in [2.45, 2.75) is 11.7 Å². The molecule has 1 heterocycles. The molecule has 2 aromatic rings. The predicted molar refractivity (Wildman–Crippen MR) is 96.1 cm³/mol. The highest BCUT2D eigenvalue weighted by Gasteiger charge is 2.31. The Morgan fingerprint density at radius 2 is 1.88 bits per heavy atom. The smallest absolute Gasteiger partial charge is 0.286 e. The number of nitrogens with two attached hydrogens (primary N) is 1. The number of ether oxygens (including phenoxy) is 1. The SMILES string of the molecule is NOc1cccc(C(=O)COc2ccc(CC3SC(=O)NC3=O)cc2)c1. The number of carbonyl (C=O) groups excluding carboxylic acids is 3. The van der Waals surface area contributed by atoms with Gasteiger partial charge in [0.05, 0.1) is 5.25 Å². The summed E-state index contributed by atoms with van der Waals surface area (Å²) in [5.74, 6) is 5.54. The van der Waals surface area contributed by atoms with Gasteiger partial charge in [-0.2, -0.15) is 5.90 Å². The first kappa shape index (κ1) is 18.0. The first-order valence-corrected chi connectivity index (χ1v) is 8.66. The van der Waals surface area contributed by atoms with Gasteiger partial charge in [0.2, 0.25) is 5.91 Å². The molecule has 134 valence electrons. The minimum Gasteiger partial charge on any atom is -0.485 e. The highest BCUT2D eigenvalue weighted by molar-refractivity contribution is 8.15. The Morgan fingerprint density at radius 3 is 2.54 bits per heavy atom. The van der Waals surface area contributed by atoms with Crippen LogP contribution in [0.2, 0.25) is 0 Å². The topological polar surface area (TPSA) is 108 Å². The van der Waals surface area contributed by atoms with Gasteiger partial charge in [-0.15, -0.1) is 0 Å². The van der Waals surface area contributed by atoms with E-state index in [1.165, 1.54) is 0 Å². The Labute approximate surface area is 153 Å². The number of benzene rings is 2. The van der Waals surface area contributed by atoms with Crippen molar-refractivity contribution in [1.29, 1.82) is 0 Å². The van der Waals surface area contributed by atoms with E-state index in [0.29, 0.717) is 23.5 Å². The summed E-state index contributed by atoms with van der Waals surface area (Å²) in [6.45, 7) is -0.122. The van der Waals surface area contributed by atoms with Crippen LogP contribution in [0.4, 0.5) is 4.79 Å². The maximum Gasteiger partial charge on any atom is 0.286 e. The molecular weight excluding hydrogens is 356 g/mol. The number of thioether (sulfide) groups is 1. The zero-order valence-corrected chi connectivity index (χ0v) is 14.5. The van der Waals surface area contributed by atoms with E-state index in [4.69, 9.17) is 10.6 Å². The van der Waals surface area contributed by atoms with Gasteiger partial charge >= 0.3 is 0 Å². The molecule has 1 atom stereocenters. The number of imide groups is 1. The molecule has 1 saturated heterocycles. The lowest BCUT2D eigenvalue weighted by Gasteiger charge is -2.09. The molecule has 0 bridgehead atoms. The summed E-state index contributed by atoms with van der Waals surface area (Å²) in [6, 6.07) is 13.6. The Kier molecular flexibility index (Phi) is 5.55. The summed E-state index contributed by atoms with van der Waals surface area (Å²) in [5.41, 5.74) is 1.34. The highest BCUT2D eigenvalue weighted by atomic mass is 32.2. The minimum absolute atomic E-state index is 0.122. The fraction of sp³-hybridized carbons (Fsp3) is 0.167. The summed E-state index contributed by atoms with van der Waals surface area (Å²) < 4.78 is 5.50. The van der Waals surface area contributed by atoms with Crippen molar-refractivity contribution in [3.8, 4) is 11.5 Å². The zero-order valence-electron chi connectivity index (χ0n) is 13.6. The number of rotatable bonds is 7. The molecule has 3 rings (SSSR count). The largest absolute Gasteiger partial charge is 0.485 e. The van der Waals surface area contributed by atoms with Crippen LogP contribution in [0, 0.1) is 0 Å². The lowest BCUT2D eigenvalue weighted by molar-refractivity contribution is -0.118. The molecule has 3 N–H and O–H groups in total. The molecule has 1 unspecified atom stereocenters. The van der Waals surface area contributed by atoms with Crippen LogP contribution in [0.5, 0.6) is 11.5 Å². The average molecular weight is 372 g/mol. The van der Waals surface area contributed by atoms with Gasteiger partial charge in [-0.1, -0.05) is 36.0 Å². The summed E-state index contributed by atoms with van der Waals surface area (Å²) in [4.78, 5) is 39.5. The van der Waals surface area contributed by atoms with Crippen LogP contribution in [0.15, 0.2) is 48.5 Å². The Bertz CT molecular complexity index is 838. The van der Waals surface area contributed by atoms with Gasteiger partial charge in [0.1, 0.15) is 11.5 Å². The molecule has 1 aliphatic heterocycles. The third-order valence-electron chi connectivity index (χ3n) is 3.77. The third kappa shape index (κ3) is 4.41. The van der Waals surface area contributed by atoms with Gasteiger partial charge in [0.15, 0.2) is 12.4 Å². The number of nitrogens with one attached hydrogen (secondary N) is 1. The van der Waals surface area contributed by atoms with E-state index < -0.39 is 5.25 Å². The lowest BCUT2D eigenvalue weighted by Crippen LogP contribution is -2.25. The fourth-order valence-electron chi connectivity index (χ4n) is 2.44. The molecule has 0 aromatic heterocycles. The van der Waals surface area contributed by atoms with Gasteiger partial charge < -0.3 is 9.57 Å². The maximum absolute atomic E-state index is 12.1. The molecule has 2 aromatic carbocycles. The highest BCUT2D eigenvalue weighted by Crippen LogP contribution is 2.24. The molecule has 26 heavy (non-hydrogen) atoms. The van der Waals surface area contributed by atoms with Crippen molar-refractivity contribution in [3.05, 3.63) is 59.7 Å². The molecule has 1 fully saturated rings. The Balaban J connectivity index is 1.55. The average Bonchev–Trinajstić information content (AvgIpc) is 2.97. The second-order valence-electron chi connectivity index (χ2n) is 5.59. The standard InChI is InChI=1S/C18H16N2O5S/c19-25-14-3-1-2-12(9-14)15(21)10-24-13-6-4-11(5-7-13)8-16-17(22)20-18(23)26-16/h1-7,9,16H,8,10,19H2,(H,20,22,23). The van der Waals surface area contributed by atoms with E-state index in [2.05, 4.69) is 10.2 Å². The second kappa shape index (κ2) is 8.03. The van der Waals surface area contributed by atoms with Crippen LogP contribution in [0.25, 0.3) is 0 Å². The second-order valence-corrected chi connectivity index (χ2v) is 6.76. The number of Topliss-reactive ketones (excluding diaryl/α,β-unsaturated/α-hetero) is 1. The number of amides is 2. The van der Waals surface area contributed by atoms with E-state index in [-0.39, 0.29) is 23.5 Å². The van der Waals surface area contributed by atoms with Crippen molar-refractivity contribution < 1.29 is 24.0 Å². The normalized spacial score (nSPS) is 16.3. The molecule has 0 spiro atoms. The molecule has 1 aliphatic rings. The molecule has 8 heteroatoms. The zero-order chi connectivity index (χ0) is 18.5. The van der Waals surface area contributed by atoms with Gasteiger partial charge in [0.25, 0.3) is 5.24 Å². The van der Waals surface area contributed by atoms with E-state index in [1.807, 2.05) is 0 Å². The van der Waals surface area contributed by atoms with Gasteiger partial charge in [-0.05, 0) is 36.2 Å². The lowest BCUT2D eigenvalue weighted by atomic mass is 10.1. The predicted octanol–water partition coefficient (Wildman–Crippen LogP) is 2.09. The van der Waals surface area contributed by atoms with E-state index in [9.17, 15) is 14.4 Å². The summed E-state index contributed by atoms with van der Waals surface area (Å²) >= 11 is 0.993. The van der Waals surface area contributed by atoms with Crippen molar-refractivity contribution >= 4 is 28.7 Å². The van der Waals surface area contributed by atoms with Gasteiger partial charge in [0, 0.05) is 5.56 Å². The molecular formula is C18H16N2O5S. The van der Waals surface area contributed by atoms with E-state index in [0.717, 1.165) is 17.3 Å². The first-order valence-electron chi connectivity index (χ1n) is 7.78. The number of hydrogen-bond donors (Lipinski definition) is 2. The summed E-state index contributed by atoms with van der Waals surface area (Å²) in [6.07, 6.45) is 0.452. The van der Waals surface area contributed by atoms with Crippen LogP contribution in [-0.2, 0) is 11.2 Å². The molecule has 0 aliphatic carbocycles. The van der Waals surface area contributed by atoms with Gasteiger partial charge in [-0.3, -0.25) is 19.7 Å². The van der Waals surface area contributed by atoms with Crippen LogP contribution < -0.4 is 20.8 Å². The van der Waals surface area contributed by atoms with Crippen molar-refractivity contribution in [2.75, 3.05) is 6.61 Å². The molecule has 7 nitrogen and oxygen atoms in total. The van der Waals surface area contributed by atoms with Crippen molar-refractivity contribution in [1.82, 2.24) is 5.32 Å². The number of carbonyl (C=O) groups is 3. The molecule has 2 amide bonds. The number of hydrogen-bond acceptors (Lipinski definition) is 7. The molecule has 0 radical (unpaired) electrons. The number of ketones is 1. The van der Waals surface area contributed by atoms with Gasteiger partial charge in [-0.25, -0.2) is 0 Å². The Hall–Kier alpha value is -2.84. The summed E-state index contributed by atoms with van der Waals surface area (Å²) in [7, 11) is 0. The van der Waals surface area contributed by atoms with Crippen LogP contribution in [-0.4, -0.2) is 28.8 Å². The van der Waals surface area contributed by atoms with Crippen LogP contribution in [0.3, 0.4) is 0 Å². The first-order chi connectivity index (χ1) is 12.5. The van der Waals surface area contributed by atoms with Crippen molar-refractivity contribution in [3.63, 3.8) is 0 Å². The Morgan fingerprint density at radius 1 is 1.12 bits per heavy atom. The van der Waals surface area contributed by atoms with Crippen LogP contribution >= 0.6 is 11.8 Å². The summed E-state index contributed by atoms with van der Waals surface area (Å²) in [5, 5.41) is 1.53. The van der Waals surface area contributed by atoms with E-state index >= 15 is 0 Å². The third-order valence-corrected chi connectivity index (χ3v) is 4.75.